The van der Waals surface area contributed by atoms with Gasteiger partial charge in [-0.3, -0.25) is 0 Å². The molecular formula is C46H23F26O3P2RuSb. The zero-order valence-electron chi connectivity index (χ0n) is 38.1. The second-order valence-corrected chi connectivity index (χ2v) is 23.8. The van der Waals surface area contributed by atoms with Crippen molar-refractivity contribution in [1.82, 2.24) is 0 Å². The molecule has 0 N–H and O–H groups in total. The molecule has 0 saturated heterocycles. The predicted octanol–water partition coefficient (Wildman–Crippen LogP) is 15.4. The van der Waals surface area contributed by atoms with Crippen LogP contribution in [0.3, 0.4) is 0 Å². The number of allylic oxidation sites excluding steroid dienone is 4. The number of hydrogen-bond donors (Lipinski definition) is 0. The van der Waals surface area contributed by atoms with Gasteiger partial charge in [0, 0.05) is 6.42 Å². The summed E-state index contributed by atoms with van der Waals surface area (Å²) in [7, 11) is -9.60. The van der Waals surface area contributed by atoms with Gasteiger partial charge in [0.2, 0.25) is 23.3 Å². The number of ketones is 1. The van der Waals surface area contributed by atoms with E-state index in [-0.39, 0.29) is 25.3 Å². The molecule has 1 aliphatic rings. The Labute approximate surface area is 443 Å². The predicted molar refractivity (Wildman–Crippen MR) is 229 cm³/mol. The summed E-state index contributed by atoms with van der Waals surface area (Å²) in [6, 6.07) is 9.64. The number of halogens is 26. The minimum Gasteiger partial charge on any atom is 1.00 e. The Morgan fingerprint density at radius 3 is 0.658 bits per heavy atom. The Morgan fingerprint density at radius 1 is 0.342 bits per heavy atom. The quantitative estimate of drug-likeness (QED) is 0.0426. The molecule has 6 aromatic carbocycles. The van der Waals surface area contributed by atoms with E-state index in [1.165, 1.54) is 13.8 Å². The van der Waals surface area contributed by atoms with E-state index in [4.69, 9.17) is 9.05 Å². The maximum atomic E-state index is 15.6. The first-order valence-electron chi connectivity index (χ1n) is 20.1. The molecule has 0 fully saturated rings. The van der Waals surface area contributed by atoms with E-state index in [0.29, 0.717) is 0 Å². The van der Waals surface area contributed by atoms with E-state index in [2.05, 4.69) is 0 Å². The molecule has 0 saturated carbocycles. The topological polar surface area (TPSA) is 35.5 Å². The van der Waals surface area contributed by atoms with Crippen LogP contribution >= 0.6 is 16.3 Å². The van der Waals surface area contributed by atoms with Gasteiger partial charge in [0.15, 0.2) is 93.1 Å². The smallest absolute Gasteiger partial charge is 1.00 e. The molecule has 2 radical (unpaired) electrons. The molecule has 2 atom stereocenters. The summed E-state index contributed by atoms with van der Waals surface area (Å²) in [6.07, 6.45) is 4.39. The van der Waals surface area contributed by atoms with Crippen LogP contribution in [-0.2, 0) is 33.3 Å². The van der Waals surface area contributed by atoms with Crippen LogP contribution in [0, 0.1) is 123 Å². The first-order valence-corrected chi connectivity index (χ1v) is 28.4. The standard InChI is InChI=1S/C38H12F20O2P2.C5H5.C3H6O.6FH.Ru.Sb/c39-13-17(43)25(51)35(26(52)18(13)44)61(36-27(53)19(45)14(40)20(46)28(36)54)59-33(11-7-3-1-4-8-11)34(12-9-5-2-6-10-12)60-62(37-29(55)21(47)15(41)22(48)30(37)56)38-31(57)23(49)16(42)24(50)32(38)58;1-2-4-5-3-1;1-3(2)4;;;;;;;;/h1-10,33-34H;1-5H;1-2H3;6*1H;;/q;;;;;;;;;+1;+5/p-6/t33-,34-;;;;;;;;;;/m1........../s1. The van der Waals surface area contributed by atoms with Gasteiger partial charge in [-0.15, -0.1) is 0 Å². The van der Waals surface area contributed by atoms with Gasteiger partial charge in [-0.1, -0.05) is 85.0 Å². The molecule has 0 aliphatic heterocycles. The second kappa shape index (κ2) is 26.2. The maximum Gasteiger partial charge on any atom is 1.00 e. The van der Waals surface area contributed by atoms with Crippen LogP contribution < -0.4 is 21.2 Å². The van der Waals surface area contributed by atoms with Gasteiger partial charge in [0.05, 0.1) is 21.2 Å². The molecule has 430 valence electrons. The fraction of sp³-hybridized carbons (Fsp3) is 0.0870. The van der Waals surface area contributed by atoms with Crippen LogP contribution in [0.15, 0.2) is 85.0 Å². The molecule has 0 amide bonds. The van der Waals surface area contributed by atoms with Crippen molar-refractivity contribution < 1.29 is 138 Å². The third-order valence-electron chi connectivity index (χ3n) is 9.08. The Bertz CT molecular complexity index is 2830. The summed E-state index contributed by atoms with van der Waals surface area (Å²) in [6.45, 7) is 3.06. The Kier molecular flexibility index (Phi) is 22.6. The van der Waals surface area contributed by atoms with Gasteiger partial charge in [-0.05, 0) is 25.0 Å². The summed E-state index contributed by atoms with van der Waals surface area (Å²) in [4.78, 5) is 9.44. The zero-order chi connectivity index (χ0) is 59.3. The molecule has 1 aliphatic carbocycles. The first kappa shape index (κ1) is 68.1. The minimum absolute atomic E-state index is 0. The molecular weight excluding hydrogens is 1380 g/mol. The number of rotatable bonds is 11. The molecule has 3 nitrogen and oxygen atoms in total. The average Bonchev–Trinajstić information content (AvgIpc) is 3.97. The van der Waals surface area contributed by atoms with E-state index in [1.54, 1.807) is 0 Å². The molecule has 0 aromatic heterocycles. The number of carbonyl (C=O) groups is 1. The van der Waals surface area contributed by atoms with Crippen molar-refractivity contribution in [2.75, 3.05) is 0 Å². The van der Waals surface area contributed by atoms with E-state index in [1.807, 2.05) is 30.7 Å². The SMILES string of the molecule is CC(C)=O.Fc1c(F)c(F)c(P(O[C@H](c2ccccc2)[C@H](OP(c2c(F)c(F)c(F)c(F)c2F)c2c(F)c(F)c(F)c(F)c2F)c2ccccc2)c2c(F)c(F)c(F)c(F)c2F)c(F)c1F.[CH]1C=CC=C1.[F][Sb-]([F])([F])([F])([F])[F].[Ru+]. The van der Waals surface area contributed by atoms with Gasteiger partial charge in [-0.25, -0.2) is 87.8 Å². The van der Waals surface area contributed by atoms with Crippen LogP contribution in [0.1, 0.15) is 37.2 Å². The van der Waals surface area contributed by atoms with Crippen LogP contribution in [0.2, 0.25) is 0 Å². The van der Waals surface area contributed by atoms with Crippen LogP contribution in [0.5, 0.6) is 0 Å². The van der Waals surface area contributed by atoms with Gasteiger partial charge >= 0.3 is 55.8 Å². The minimum atomic E-state index is -11.2. The monoisotopic (exact) mass is 1400 g/mol. The van der Waals surface area contributed by atoms with Crippen molar-refractivity contribution in [3.05, 3.63) is 219 Å². The summed E-state index contributed by atoms with van der Waals surface area (Å²) in [5.41, 5.74) is -1.38. The Morgan fingerprint density at radius 2 is 0.506 bits per heavy atom. The summed E-state index contributed by atoms with van der Waals surface area (Å²) in [5.74, 6) is -58.9. The first-order chi connectivity index (χ1) is 35.8. The molecule has 6 aromatic rings. The number of Topliss-reactive ketones (excluding diaryl/α,β-unsaturated/α-hetero) is 1. The molecule has 0 heterocycles. The fourth-order valence-corrected chi connectivity index (χ4v) is 9.94. The van der Waals surface area contributed by atoms with Crippen molar-refractivity contribution >= 4 is 62.8 Å². The van der Waals surface area contributed by atoms with Crippen molar-refractivity contribution in [3.8, 4) is 0 Å². The van der Waals surface area contributed by atoms with Crippen molar-refractivity contribution in [2.45, 2.75) is 26.1 Å². The maximum absolute atomic E-state index is 15.6. The molecule has 0 bridgehead atoms. The summed E-state index contributed by atoms with van der Waals surface area (Å²) >= 11 is -11.2. The molecule has 79 heavy (non-hydrogen) atoms. The zero-order valence-corrected chi connectivity index (χ0v) is 44.1. The van der Waals surface area contributed by atoms with Gasteiger partial charge in [0.1, 0.15) is 34.3 Å². The number of hydrogen-bond acceptors (Lipinski definition) is 3. The van der Waals surface area contributed by atoms with Crippen molar-refractivity contribution in [1.29, 1.82) is 0 Å². The van der Waals surface area contributed by atoms with Crippen LogP contribution in [-0.4, -0.2) is 25.3 Å². The Hall–Kier alpha value is -5.13. The second-order valence-electron chi connectivity index (χ2n) is 15.0. The van der Waals surface area contributed by atoms with Gasteiger partial charge in [0.25, 0.3) is 0 Å². The normalized spacial score (nSPS) is 13.5. The van der Waals surface area contributed by atoms with E-state index in [0.717, 1.165) is 60.7 Å². The third kappa shape index (κ3) is 16.7. The van der Waals surface area contributed by atoms with Crippen molar-refractivity contribution in [2.24, 2.45) is 0 Å². The molecule has 7 rings (SSSR count). The third-order valence-corrected chi connectivity index (χ3v) is 13.2. The summed E-state index contributed by atoms with van der Waals surface area (Å²) in [5, 5.41) is -9.80. The largest absolute Gasteiger partial charge is 1.00 e. The van der Waals surface area contributed by atoms with Crippen LogP contribution in [0.4, 0.5) is 105 Å². The number of carbonyl (C=O) groups excluding carboxylic acids is 1. The van der Waals surface area contributed by atoms with Crippen LogP contribution in [0.25, 0.3) is 0 Å². The molecule has 33 heteroatoms. The van der Waals surface area contributed by atoms with E-state index in [9.17, 15) is 74.4 Å². The van der Waals surface area contributed by atoms with E-state index >= 15 is 35.1 Å². The molecule has 0 spiro atoms. The average molecular weight is 1400 g/mol. The van der Waals surface area contributed by atoms with E-state index < -0.39 is 197 Å². The fourth-order valence-electron chi connectivity index (χ4n) is 5.94. The molecule has 0 unspecified atom stereocenters. The number of benzene rings is 6. The van der Waals surface area contributed by atoms with Gasteiger partial charge in [-0.2, -0.15) is 0 Å². The van der Waals surface area contributed by atoms with Crippen molar-refractivity contribution in [3.63, 3.8) is 0 Å². The Balaban J connectivity index is 0.000000837. The van der Waals surface area contributed by atoms with Gasteiger partial charge < -0.3 is 13.8 Å². The summed E-state index contributed by atoms with van der Waals surface area (Å²) < 4.78 is 371.